The van der Waals surface area contributed by atoms with E-state index >= 15 is 0 Å². The molecule has 0 aliphatic heterocycles. The summed E-state index contributed by atoms with van der Waals surface area (Å²) in [5, 5.41) is 5.36. The minimum atomic E-state index is -0.528. The number of nitrogens with one attached hydrogen (secondary N) is 1. The number of methoxy groups -OCH3 is 2. The zero-order valence-electron chi connectivity index (χ0n) is 14.3. The quantitative estimate of drug-likeness (QED) is 0.723. The average Bonchev–Trinajstić information content (AvgIpc) is 3.11. The fourth-order valence-corrected chi connectivity index (χ4v) is 2.74. The van der Waals surface area contributed by atoms with Crippen LogP contribution in [0.4, 0.5) is 0 Å². The van der Waals surface area contributed by atoms with Gasteiger partial charge in [0.05, 0.1) is 24.9 Å². The Balaban J connectivity index is 1.83. The molecular weight excluding hydrogens is 344 g/mol. The maximum atomic E-state index is 12.1. The normalized spacial score (nSPS) is 10.2. The van der Waals surface area contributed by atoms with Gasteiger partial charge in [0.25, 0.3) is 5.91 Å². The molecule has 25 heavy (non-hydrogen) atoms. The fraction of sp³-hybridized carbons (Fsp3) is 0.353. The molecule has 1 amide bonds. The number of amides is 1. The minimum absolute atomic E-state index is 0.0988. The maximum absolute atomic E-state index is 12.1. The second kappa shape index (κ2) is 9.03. The predicted molar refractivity (Wildman–Crippen MR) is 93.2 cm³/mol. The molecule has 2 rings (SSSR count). The summed E-state index contributed by atoms with van der Waals surface area (Å²) >= 11 is 1.53. The minimum Gasteiger partial charge on any atom is -0.493 e. The predicted octanol–water partition coefficient (Wildman–Crippen LogP) is 2.20. The lowest BCUT2D eigenvalue weighted by Gasteiger charge is -2.10. The summed E-state index contributed by atoms with van der Waals surface area (Å²) in [5.74, 6) is 0.0286. The van der Waals surface area contributed by atoms with Gasteiger partial charge in [-0.2, -0.15) is 0 Å². The topological polar surface area (TPSA) is 86.8 Å². The highest BCUT2D eigenvalue weighted by Crippen LogP contribution is 2.27. The Morgan fingerprint density at radius 3 is 2.60 bits per heavy atom. The Labute approximate surface area is 149 Å². The summed E-state index contributed by atoms with van der Waals surface area (Å²) in [6.07, 6.45) is 0.847. The molecule has 0 atom stereocenters. The summed E-state index contributed by atoms with van der Waals surface area (Å²) in [6.45, 7) is 1.89. The number of nitrogens with zero attached hydrogens (tertiary/aromatic N) is 1. The highest BCUT2D eigenvalue weighted by atomic mass is 32.1. The largest absolute Gasteiger partial charge is 0.493 e. The molecule has 1 aromatic heterocycles. The van der Waals surface area contributed by atoms with Crippen LogP contribution in [0.3, 0.4) is 0 Å². The summed E-state index contributed by atoms with van der Waals surface area (Å²) in [7, 11) is 3.00. The van der Waals surface area contributed by atoms with Crippen LogP contribution in [-0.2, 0) is 22.6 Å². The van der Waals surface area contributed by atoms with Gasteiger partial charge in [-0.15, -0.1) is 11.3 Å². The van der Waals surface area contributed by atoms with Crippen molar-refractivity contribution in [3.63, 3.8) is 0 Å². The van der Waals surface area contributed by atoms with E-state index in [9.17, 15) is 9.59 Å². The van der Waals surface area contributed by atoms with E-state index in [1.54, 1.807) is 18.2 Å². The number of benzene rings is 1. The van der Waals surface area contributed by atoms with Crippen LogP contribution in [0, 0.1) is 0 Å². The Morgan fingerprint density at radius 1 is 1.20 bits per heavy atom. The standard InChI is InChI=1S/C17H20N2O5S/c1-4-15-19-12(10-25-15)9-24-16(20)8-18-17(21)11-5-6-13(22-2)14(7-11)23-3/h5-7,10H,4,8-9H2,1-3H3,(H,18,21). The second-order valence-corrected chi connectivity index (χ2v) is 5.94. The van der Waals surface area contributed by atoms with Gasteiger partial charge in [0.2, 0.25) is 0 Å². The number of ether oxygens (including phenoxy) is 3. The van der Waals surface area contributed by atoms with Crippen molar-refractivity contribution in [2.24, 2.45) is 0 Å². The van der Waals surface area contributed by atoms with Crippen molar-refractivity contribution in [3.05, 3.63) is 39.8 Å². The van der Waals surface area contributed by atoms with Crippen molar-refractivity contribution in [3.8, 4) is 11.5 Å². The van der Waals surface area contributed by atoms with Gasteiger partial charge in [-0.05, 0) is 24.6 Å². The monoisotopic (exact) mass is 364 g/mol. The van der Waals surface area contributed by atoms with Crippen LogP contribution in [0.25, 0.3) is 0 Å². The van der Waals surface area contributed by atoms with Gasteiger partial charge in [0.1, 0.15) is 13.2 Å². The summed E-state index contributed by atoms with van der Waals surface area (Å²) < 4.78 is 15.4. The molecular formula is C17H20N2O5S. The van der Waals surface area contributed by atoms with Crippen LogP contribution in [0.5, 0.6) is 11.5 Å². The average molecular weight is 364 g/mol. The van der Waals surface area contributed by atoms with Crippen molar-refractivity contribution in [1.82, 2.24) is 10.3 Å². The van der Waals surface area contributed by atoms with Gasteiger partial charge in [0, 0.05) is 10.9 Å². The van der Waals surface area contributed by atoms with Gasteiger partial charge in [-0.3, -0.25) is 9.59 Å². The highest BCUT2D eigenvalue weighted by Gasteiger charge is 2.13. The molecule has 0 unspecified atom stereocenters. The molecule has 7 nitrogen and oxygen atoms in total. The van der Waals surface area contributed by atoms with Gasteiger partial charge in [-0.1, -0.05) is 6.92 Å². The van der Waals surface area contributed by atoms with E-state index in [4.69, 9.17) is 14.2 Å². The van der Waals surface area contributed by atoms with Crippen molar-refractivity contribution in [2.45, 2.75) is 20.0 Å². The van der Waals surface area contributed by atoms with E-state index in [0.29, 0.717) is 22.8 Å². The molecule has 0 radical (unpaired) electrons. The van der Waals surface area contributed by atoms with Gasteiger partial charge < -0.3 is 19.5 Å². The van der Waals surface area contributed by atoms with E-state index in [-0.39, 0.29) is 13.2 Å². The lowest BCUT2D eigenvalue weighted by Crippen LogP contribution is -2.30. The molecule has 2 aromatic rings. The Hall–Kier alpha value is -2.61. The molecule has 1 N–H and O–H groups in total. The highest BCUT2D eigenvalue weighted by molar-refractivity contribution is 7.09. The summed E-state index contributed by atoms with van der Waals surface area (Å²) in [4.78, 5) is 28.2. The number of rotatable bonds is 8. The molecule has 0 aliphatic rings. The molecule has 1 heterocycles. The lowest BCUT2D eigenvalue weighted by atomic mass is 10.2. The van der Waals surface area contributed by atoms with Crippen molar-refractivity contribution in [2.75, 3.05) is 20.8 Å². The first-order valence-electron chi connectivity index (χ1n) is 7.66. The van der Waals surface area contributed by atoms with E-state index in [1.807, 2.05) is 12.3 Å². The van der Waals surface area contributed by atoms with Crippen molar-refractivity contribution < 1.29 is 23.8 Å². The SMILES string of the molecule is CCc1nc(COC(=O)CNC(=O)c2ccc(OC)c(OC)c2)cs1. The number of hydrogen-bond donors (Lipinski definition) is 1. The van der Waals surface area contributed by atoms with Crippen LogP contribution >= 0.6 is 11.3 Å². The van der Waals surface area contributed by atoms with Crippen LogP contribution in [0.1, 0.15) is 28.0 Å². The maximum Gasteiger partial charge on any atom is 0.325 e. The van der Waals surface area contributed by atoms with Crippen LogP contribution in [0.2, 0.25) is 0 Å². The number of thiazole rings is 1. The lowest BCUT2D eigenvalue weighted by molar-refractivity contribution is -0.143. The molecule has 0 fully saturated rings. The first-order valence-corrected chi connectivity index (χ1v) is 8.54. The number of hydrogen-bond acceptors (Lipinski definition) is 7. The van der Waals surface area contributed by atoms with E-state index < -0.39 is 11.9 Å². The van der Waals surface area contributed by atoms with Gasteiger partial charge >= 0.3 is 5.97 Å². The zero-order chi connectivity index (χ0) is 18.2. The molecule has 0 saturated carbocycles. The van der Waals surface area contributed by atoms with Crippen LogP contribution in [-0.4, -0.2) is 37.6 Å². The Kier molecular flexibility index (Phi) is 6.76. The third-order valence-electron chi connectivity index (χ3n) is 3.32. The number of carbonyl (C=O) groups excluding carboxylic acids is 2. The smallest absolute Gasteiger partial charge is 0.325 e. The molecule has 8 heteroatoms. The molecule has 0 aliphatic carbocycles. The van der Waals surface area contributed by atoms with Crippen LogP contribution in [0.15, 0.2) is 23.6 Å². The van der Waals surface area contributed by atoms with Crippen molar-refractivity contribution >= 4 is 23.2 Å². The second-order valence-electron chi connectivity index (χ2n) is 5.00. The summed E-state index contributed by atoms with van der Waals surface area (Å²) in [5.41, 5.74) is 1.07. The summed E-state index contributed by atoms with van der Waals surface area (Å²) in [6, 6.07) is 4.75. The third-order valence-corrected chi connectivity index (χ3v) is 4.36. The number of esters is 1. The first kappa shape index (κ1) is 18.7. The molecule has 1 aromatic carbocycles. The number of aryl methyl sites for hydroxylation is 1. The zero-order valence-corrected chi connectivity index (χ0v) is 15.1. The Bertz CT molecular complexity index is 744. The molecule has 0 spiro atoms. The molecule has 0 bridgehead atoms. The first-order chi connectivity index (χ1) is 12.1. The fourth-order valence-electron chi connectivity index (χ4n) is 2.02. The van der Waals surface area contributed by atoms with E-state index in [0.717, 1.165) is 11.4 Å². The van der Waals surface area contributed by atoms with E-state index in [2.05, 4.69) is 10.3 Å². The van der Waals surface area contributed by atoms with Crippen LogP contribution < -0.4 is 14.8 Å². The third kappa shape index (κ3) is 5.18. The van der Waals surface area contributed by atoms with Gasteiger partial charge in [-0.25, -0.2) is 4.98 Å². The molecule has 134 valence electrons. The van der Waals surface area contributed by atoms with E-state index in [1.165, 1.54) is 25.6 Å². The number of carbonyl (C=O) groups is 2. The van der Waals surface area contributed by atoms with Crippen molar-refractivity contribution in [1.29, 1.82) is 0 Å². The molecule has 0 saturated heterocycles. The van der Waals surface area contributed by atoms with Gasteiger partial charge in [0.15, 0.2) is 11.5 Å². The number of aromatic nitrogens is 1. The Morgan fingerprint density at radius 2 is 1.96 bits per heavy atom.